The van der Waals surface area contributed by atoms with Crippen LogP contribution < -0.4 is 0 Å². The number of benzene rings is 1. The van der Waals surface area contributed by atoms with Crippen molar-refractivity contribution in [2.45, 2.75) is 4.90 Å². The first-order chi connectivity index (χ1) is 5.54. The van der Waals surface area contributed by atoms with Gasteiger partial charge in [-0.05, 0) is 41.4 Å². The summed E-state index contributed by atoms with van der Waals surface area (Å²) < 4.78 is 0. The molecule has 0 saturated carbocycles. The normalized spacial score (nSPS) is 12.6. The zero-order valence-corrected chi connectivity index (χ0v) is 8.82. The van der Waals surface area contributed by atoms with Crippen LogP contribution in [0.2, 0.25) is 0 Å². The zero-order chi connectivity index (χ0) is 9.19. The van der Waals surface area contributed by atoms with Crippen molar-refractivity contribution in [1.29, 1.82) is 0 Å². The molecule has 1 heteroatoms. The molecule has 0 atom stereocenters. The third kappa shape index (κ3) is 2.15. The van der Waals surface area contributed by atoms with Crippen LogP contribution in [0.25, 0.3) is 6.08 Å². The summed E-state index contributed by atoms with van der Waals surface area (Å²) in [7, 11) is -0.562. The molecule has 0 N–H and O–H groups in total. The summed E-state index contributed by atoms with van der Waals surface area (Å²) in [6, 6.07) is 8.65. The van der Waals surface area contributed by atoms with Crippen molar-refractivity contribution in [2.75, 3.05) is 18.8 Å². The van der Waals surface area contributed by atoms with E-state index in [1.54, 1.807) is 0 Å². The fourth-order valence-electron chi connectivity index (χ4n) is 1.01. The van der Waals surface area contributed by atoms with Gasteiger partial charge in [0, 0.05) is 0 Å². The lowest BCUT2D eigenvalue weighted by Gasteiger charge is -2.25. The molecule has 0 unspecified atom stereocenters. The molecule has 0 aliphatic rings. The van der Waals surface area contributed by atoms with Gasteiger partial charge in [-0.3, -0.25) is 0 Å². The lowest BCUT2D eigenvalue weighted by Crippen LogP contribution is -1.91. The first-order valence-electron chi connectivity index (χ1n) is 3.95. The second-order valence-corrected chi connectivity index (χ2v) is 7.76. The average Bonchev–Trinajstić information content (AvgIpc) is 2.03. The van der Waals surface area contributed by atoms with Gasteiger partial charge in [-0.25, -0.2) is 10.0 Å². The topological polar surface area (TPSA) is 0 Å². The highest BCUT2D eigenvalue weighted by molar-refractivity contribution is 8.32. The van der Waals surface area contributed by atoms with E-state index in [1.165, 1.54) is 10.5 Å². The Morgan fingerprint density at radius 2 is 1.58 bits per heavy atom. The molecule has 0 aliphatic heterocycles. The summed E-state index contributed by atoms with van der Waals surface area (Å²) in [5, 5.41) is 0. The molecule has 0 heterocycles. The van der Waals surface area contributed by atoms with Gasteiger partial charge in [0.1, 0.15) is 0 Å². The molecule has 66 valence electrons. The van der Waals surface area contributed by atoms with E-state index in [9.17, 15) is 0 Å². The van der Waals surface area contributed by atoms with Crippen LogP contribution in [-0.2, 0) is 0 Å². The van der Waals surface area contributed by atoms with Crippen molar-refractivity contribution in [2.24, 2.45) is 0 Å². The van der Waals surface area contributed by atoms with Gasteiger partial charge in [-0.2, -0.15) is 0 Å². The predicted octanol–water partition coefficient (Wildman–Crippen LogP) is 3.38. The van der Waals surface area contributed by atoms with Crippen molar-refractivity contribution < 1.29 is 0 Å². The van der Waals surface area contributed by atoms with Crippen LogP contribution in [0.4, 0.5) is 0 Å². The zero-order valence-electron chi connectivity index (χ0n) is 8.00. The molecule has 0 spiro atoms. The molecule has 12 heavy (non-hydrogen) atoms. The highest BCUT2D eigenvalue weighted by atomic mass is 32.3. The fraction of sp³-hybridized carbons (Fsp3) is 0.273. The lowest BCUT2D eigenvalue weighted by atomic mass is 10.2. The summed E-state index contributed by atoms with van der Waals surface area (Å²) in [4.78, 5) is 1.45. The Balaban J connectivity index is 3.00. The SMILES string of the molecule is C=Cc1ccc(S(C)(C)C)cc1. The minimum absolute atomic E-state index is 0.562. The Bertz CT molecular complexity index is 264. The molecule has 0 aromatic heterocycles. The van der Waals surface area contributed by atoms with Crippen molar-refractivity contribution in [3.63, 3.8) is 0 Å². The Labute approximate surface area is 76.6 Å². The summed E-state index contributed by atoms with van der Waals surface area (Å²) in [5.74, 6) is 0. The van der Waals surface area contributed by atoms with Crippen LogP contribution in [0.5, 0.6) is 0 Å². The largest absolute Gasteiger partial charge is 0.223 e. The Morgan fingerprint density at radius 3 is 1.92 bits per heavy atom. The van der Waals surface area contributed by atoms with E-state index in [0.29, 0.717) is 0 Å². The molecule has 1 rings (SSSR count). The van der Waals surface area contributed by atoms with E-state index < -0.39 is 10.0 Å². The first kappa shape index (κ1) is 9.40. The van der Waals surface area contributed by atoms with Crippen LogP contribution in [0.3, 0.4) is 0 Å². The summed E-state index contributed by atoms with van der Waals surface area (Å²) in [6.45, 7) is 3.73. The molecule has 0 nitrogen and oxygen atoms in total. The maximum atomic E-state index is 3.73. The summed E-state index contributed by atoms with van der Waals surface area (Å²) in [6.07, 6.45) is 8.78. The van der Waals surface area contributed by atoms with Crippen LogP contribution in [0, 0.1) is 0 Å². The second kappa shape index (κ2) is 3.36. The maximum absolute atomic E-state index is 3.73. The van der Waals surface area contributed by atoms with Gasteiger partial charge in [-0.1, -0.05) is 24.8 Å². The minimum Gasteiger partial charge on any atom is -0.223 e. The third-order valence-electron chi connectivity index (χ3n) is 1.82. The molecule has 0 aliphatic carbocycles. The van der Waals surface area contributed by atoms with Crippen LogP contribution in [-0.4, -0.2) is 18.8 Å². The van der Waals surface area contributed by atoms with Crippen LogP contribution >= 0.6 is 10.0 Å². The Morgan fingerprint density at radius 1 is 1.08 bits per heavy atom. The molecule has 1 aromatic rings. The van der Waals surface area contributed by atoms with Gasteiger partial charge in [0.25, 0.3) is 0 Å². The number of hydrogen-bond acceptors (Lipinski definition) is 0. The molecule has 0 amide bonds. The smallest absolute Gasteiger partial charge is 0.0106 e. The highest BCUT2D eigenvalue weighted by Crippen LogP contribution is 2.44. The van der Waals surface area contributed by atoms with E-state index in [0.717, 1.165) is 0 Å². The van der Waals surface area contributed by atoms with Gasteiger partial charge in [0.05, 0.1) is 0 Å². The monoisotopic (exact) mass is 180 g/mol. The van der Waals surface area contributed by atoms with Crippen molar-refractivity contribution >= 4 is 16.1 Å². The van der Waals surface area contributed by atoms with Gasteiger partial charge >= 0.3 is 0 Å². The van der Waals surface area contributed by atoms with Crippen LogP contribution in [0.15, 0.2) is 35.7 Å². The lowest BCUT2D eigenvalue weighted by molar-refractivity contribution is 1.43. The number of rotatable bonds is 2. The molecule has 0 bridgehead atoms. The first-order valence-corrected chi connectivity index (χ1v) is 6.80. The Hall–Kier alpha value is -0.690. The standard InChI is InChI=1S/C11H16S/c1-5-10-6-8-11(9-7-10)12(2,3)4/h5-9H,1H2,2-4H3. The van der Waals surface area contributed by atoms with Crippen LogP contribution in [0.1, 0.15) is 5.56 Å². The van der Waals surface area contributed by atoms with E-state index >= 15 is 0 Å². The molecule has 0 fully saturated rings. The van der Waals surface area contributed by atoms with E-state index in [4.69, 9.17) is 0 Å². The molecule has 0 saturated heterocycles. The van der Waals surface area contributed by atoms with Gasteiger partial charge in [0.15, 0.2) is 0 Å². The minimum atomic E-state index is -0.562. The summed E-state index contributed by atoms with van der Waals surface area (Å²) >= 11 is 0. The fourth-order valence-corrected chi connectivity index (χ4v) is 1.96. The van der Waals surface area contributed by atoms with E-state index in [1.807, 2.05) is 6.08 Å². The van der Waals surface area contributed by atoms with E-state index in [2.05, 4.69) is 49.6 Å². The maximum Gasteiger partial charge on any atom is -0.0106 e. The summed E-state index contributed by atoms with van der Waals surface area (Å²) in [5.41, 5.74) is 1.20. The molecular weight excluding hydrogens is 164 g/mol. The van der Waals surface area contributed by atoms with Crippen molar-refractivity contribution in [1.82, 2.24) is 0 Å². The van der Waals surface area contributed by atoms with Crippen molar-refractivity contribution in [3.8, 4) is 0 Å². The molecule has 1 aromatic carbocycles. The highest BCUT2D eigenvalue weighted by Gasteiger charge is 2.05. The van der Waals surface area contributed by atoms with Gasteiger partial charge in [0.2, 0.25) is 0 Å². The van der Waals surface area contributed by atoms with Gasteiger partial charge in [-0.15, -0.1) is 0 Å². The Kier molecular flexibility index (Phi) is 2.63. The van der Waals surface area contributed by atoms with E-state index in [-0.39, 0.29) is 0 Å². The quantitative estimate of drug-likeness (QED) is 0.654. The van der Waals surface area contributed by atoms with Gasteiger partial charge < -0.3 is 0 Å². The second-order valence-electron chi connectivity index (χ2n) is 3.61. The molecule has 0 radical (unpaired) electrons. The average molecular weight is 180 g/mol. The molecular formula is C11H16S. The third-order valence-corrected chi connectivity index (χ3v) is 3.51. The number of hydrogen-bond donors (Lipinski definition) is 0. The predicted molar refractivity (Wildman–Crippen MR) is 60.2 cm³/mol. The van der Waals surface area contributed by atoms with Crippen molar-refractivity contribution in [3.05, 3.63) is 36.4 Å².